The van der Waals surface area contributed by atoms with Gasteiger partial charge in [-0.2, -0.15) is 0 Å². The second-order valence-corrected chi connectivity index (χ2v) is 6.03. The Kier molecular flexibility index (Phi) is 5.22. The van der Waals surface area contributed by atoms with E-state index in [-0.39, 0.29) is 5.84 Å². The second kappa shape index (κ2) is 6.75. The summed E-state index contributed by atoms with van der Waals surface area (Å²) in [6.45, 7) is 0. The lowest BCUT2D eigenvalue weighted by molar-refractivity contribution is 0.318. The minimum atomic E-state index is -0.133. The van der Waals surface area contributed by atoms with Crippen molar-refractivity contribution in [3.63, 3.8) is 0 Å². The van der Waals surface area contributed by atoms with Crippen molar-refractivity contribution in [1.82, 2.24) is 0 Å². The monoisotopic (exact) mass is 408 g/mol. The summed E-state index contributed by atoms with van der Waals surface area (Å²) in [5, 5.41) is 13.0. The number of nitrogens with zero attached hydrogens (tertiary/aromatic N) is 1. The third-order valence-corrected chi connectivity index (χ3v) is 4.25. The molecule has 0 amide bonds. The molecule has 2 aromatic carbocycles. The predicted octanol–water partition coefficient (Wildman–Crippen LogP) is 5.30. The summed E-state index contributed by atoms with van der Waals surface area (Å²) in [5.74, 6) is 0.529. The fraction of sp³-hybridized carbons (Fsp3) is 0. The first-order chi connectivity index (χ1) is 9.92. The Morgan fingerprint density at radius 2 is 1.81 bits per heavy atom. The van der Waals surface area contributed by atoms with Crippen molar-refractivity contribution in [2.24, 2.45) is 10.9 Å². The van der Waals surface area contributed by atoms with Crippen molar-refractivity contribution in [2.45, 2.75) is 0 Å². The molecule has 0 radical (unpaired) electrons. The second-order valence-electron chi connectivity index (χ2n) is 3.92. The molecule has 0 saturated heterocycles. The average molecular weight is 410 g/mol. The molecule has 8 heteroatoms. The zero-order valence-electron chi connectivity index (χ0n) is 10.3. The van der Waals surface area contributed by atoms with Gasteiger partial charge in [0.05, 0.1) is 15.6 Å². The number of rotatable bonds is 3. The minimum absolute atomic E-state index is 0.133. The summed E-state index contributed by atoms with van der Waals surface area (Å²) in [6.07, 6.45) is 0. The van der Waals surface area contributed by atoms with Crippen LogP contribution in [0.15, 0.2) is 40.0 Å². The molecule has 0 spiro atoms. The van der Waals surface area contributed by atoms with Crippen molar-refractivity contribution in [1.29, 1.82) is 0 Å². The van der Waals surface area contributed by atoms with Crippen LogP contribution < -0.4 is 10.5 Å². The van der Waals surface area contributed by atoms with Gasteiger partial charge in [0.25, 0.3) is 0 Å². The molecule has 0 aliphatic carbocycles. The Bertz CT molecular complexity index is 723. The Labute approximate surface area is 144 Å². The van der Waals surface area contributed by atoms with Crippen LogP contribution in [-0.2, 0) is 0 Å². The summed E-state index contributed by atoms with van der Waals surface area (Å²) in [4.78, 5) is 0. The smallest absolute Gasteiger partial charge is 0.173 e. The average Bonchev–Trinajstić information content (AvgIpc) is 2.45. The first kappa shape index (κ1) is 16.2. The normalized spacial score (nSPS) is 11.5. The highest BCUT2D eigenvalue weighted by atomic mass is 79.9. The van der Waals surface area contributed by atoms with Gasteiger partial charge in [0.2, 0.25) is 0 Å². The van der Waals surface area contributed by atoms with E-state index in [1.807, 2.05) is 0 Å². The quantitative estimate of drug-likeness (QED) is 0.237. The molecule has 0 saturated carbocycles. The standard InChI is InChI=1S/C13H8BrCl3N2O2/c14-8-4-10(17)12(5-9(8)16)21-11-2-1-6(15)3-7(11)13(18)19-20/h1-5,20H,(H2,18,19). The lowest BCUT2D eigenvalue weighted by Crippen LogP contribution is -2.14. The molecule has 0 heterocycles. The van der Waals surface area contributed by atoms with Crippen molar-refractivity contribution >= 4 is 56.6 Å². The van der Waals surface area contributed by atoms with Gasteiger partial charge in [0.1, 0.15) is 11.5 Å². The predicted molar refractivity (Wildman–Crippen MR) is 88.2 cm³/mol. The number of ether oxygens (including phenoxy) is 1. The summed E-state index contributed by atoms with van der Waals surface area (Å²) in [6, 6.07) is 7.87. The highest BCUT2D eigenvalue weighted by Crippen LogP contribution is 2.37. The van der Waals surface area contributed by atoms with Gasteiger partial charge in [-0.3, -0.25) is 0 Å². The van der Waals surface area contributed by atoms with Crippen molar-refractivity contribution in [3.05, 3.63) is 55.4 Å². The maximum Gasteiger partial charge on any atom is 0.173 e. The molecule has 3 N–H and O–H groups in total. The zero-order valence-corrected chi connectivity index (χ0v) is 14.1. The molecule has 2 aromatic rings. The third kappa shape index (κ3) is 3.74. The van der Waals surface area contributed by atoms with Crippen LogP contribution in [0.1, 0.15) is 5.56 Å². The van der Waals surface area contributed by atoms with E-state index in [2.05, 4.69) is 21.1 Å². The minimum Gasteiger partial charge on any atom is -0.455 e. The Morgan fingerprint density at radius 3 is 2.48 bits per heavy atom. The lowest BCUT2D eigenvalue weighted by Gasteiger charge is -2.12. The number of benzene rings is 2. The number of hydrogen-bond acceptors (Lipinski definition) is 3. The van der Waals surface area contributed by atoms with Crippen molar-refractivity contribution in [3.8, 4) is 11.5 Å². The van der Waals surface area contributed by atoms with Gasteiger partial charge >= 0.3 is 0 Å². The van der Waals surface area contributed by atoms with Crippen LogP contribution in [0.5, 0.6) is 11.5 Å². The Hall–Kier alpha value is -1.14. The fourth-order valence-electron chi connectivity index (χ4n) is 1.55. The van der Waals surface area contributed by atoms with Crippen LogP contribution in [0.4, 0.5) is 0 Å². The van der Waals surface area contributed by atoms with Gasteiger partial charge in [-0.05, 0) is 40.2 Å². The van der Waals surface area contributed by atoms with Gasteiger partial charge in [-0.1, -0.05) is 40.0 Å². The van der Waals surface area contributed by atoms with Gasteiger partial charge in [0, 0.05) is 15.6 Å². The Morgan fingerprint density at radius 1 is 1.10 bits per heavy atom. The van der Waals surface area contributed by atoms with Crippen molar-refractivity contribution < 1.29 is 9.94 Å². The van der Waals surface area contributed by atoms with Crippen LogP contribution in [0.25, 0.3) is 0 Å². The maximum absolute atomic E-state index is 8.82. The number of nitrogens with two attached hydrogens (primary N) is 1. The molecule has 0 bridgehead atoms. The van der Waals surface area contributed by atoms with E-state index in [4.69, 9.17) is 50.5 Å². The van der Waals surface area contributed by atoms with Crippen LogP contribution in [0.2, 0.25) is 15.1 Å². The fourth-order valence-corrected chi connectivity index (χ4v) is 2.55. The maximum atomic E-state index is 8.82. The van der Waals surface area contributed by atoms with Gasteiger partial charge in [0.15, 0.2) is 5.84 Å². The molecule has 0 aromatic heterocycles. The highest BCUT2D eigenvalue weighted by Gasteiger charge is 2.13. The van der Waals surface area contributed by atoms with E-state index in [0.717, 1.165) is 0 Å². The molecule has 110 valence electrons. The van der Waals surface area contributed by atoms with Gasteiger partial charge in [-0.25, -0.2) is 0 Å². The van der Waals surface area contributed by atoms with Crippen LogP contribution in [0.3, 0.4) is 0 Å². The van der Waals surface area contributed by atoms with E-state index in [0.29, 0.717) is 36.6 Å². The largest absolute Gasteiger partial charge is 0.455 e. The highest BCUT2D eigenvalue weighted by molar-refractivity contribution is 9.10. The molecule has 4 nitrogen and oxygen atoms in total. The first-order valence-corrected chi connectivity index (χ1v) is 7.45. The van der Waals surface area contributed by atoms with Crippen LogP contribution in [0, 0.1) is 0 Å². The SMILES string of the molecule is N/C(=N/O)c1cc(Cl)ccc1Oc1cc(Cl)c(Br)cc1Cl. The molecule has 21 heavy (non-hydrogen) atoms. The number of oxime groups is 1. The van der Waals surface area contributed by atoms with E-state index >= 15 is 0 Å². The number of amidine groups is 1. The summed E-state index contributed by atoms with van der Waals surface area (Å²) in [7, 11) is 0. The van der Waals surface area contributed by atoms with E-state index in [9.17, 15) is 0 Å². The van der Waals surface area contributed by atoms with Crippen LogP contribution >= 0.6 is 50.7 Å². The molecule has 0 fully saturated rings. The summed E-state index contributed by atoms with van der Waals surface area (Å²) >= 11 is 21.3. The third-order valence-electron chi connectivity index (χ3n) is 2.52. The first-order valence-electron chi connectivity index (χ1n) is 5.52. The zero-order chi connectivity index (χ0) is 15.6. The molecular formula is C13H8BrCl3N2O2. The molecule has 0 unspecified atom stereocenters. The number of hydrogen-bond donors (Lipinski definition) is 2. The molecule has 0 aliphatic rings. The molecular weight excluding hydrogens is 402 g/mol. The topological polar surface area (TPSA) is 67.8 Å². The van der Waals surface area contributed by atoms with Crippen LogP contribution in [-0.4, -0.2) is 11.0 Å². The van der Waals surface area contributed by atoms with Crippen molar-refractivity contribution in [2.75, 3.05) is 0 Å². The van der Waals surface area contributed by atoms with E-state index in [1.54, 1.807) is 24.3 Å². The van der Waals surface area contributed by atoms with Gasteiger partial charge < -0.3 is 15.7 Å². The summed E-state index contributed by atoms with van der Waals surface area (Å²) in [5.41, 5.74) is 5.94. The van der Waals surface area contributed by atoms with E-state index < -0.39 is 0 Å². The lowest BCUT2D eigenvalue weighted by atomic mass is 10.2. The van der Waals surface area contributed by atoms with E-state index in [1.165, 1.54) is 6.07 Å². The summed E-state index contributed by atoms with van der Waals surface area (Å²) < 4.78 is 6.33. The van der Waals surface area contributed by atoms with Gasteiger partial charge in [-0.15, -0.1) is 0 Å². The molecule has 0 atom stereocenters. The molecule has 0 aliphatic heterocycles. The Balaban J connectivity index is 2.47. The number of halogens is 4. The molecule has 2 rings (SSSR count).